The number of alkyl halides is 6. The molecule has 0 radical (unpaired) electrons. The Morgan fingerprint density at radius 1 is 0.913 bits per heavy atom. The summed E-state index contributed by atoms with van der Waals surface area (Å²) in [6.45, 7) is 3.62. The Morgan fingerprint density at radius 2 is 1.48 bits per heavy atom. The van der Waals surface area contributed by atoms with Crippen LogP contribution in [0.2, 0.25) is 0 Å². The molecule has 252 valence electrons. The zero-order valence-corrected chi connectivity index (χ0v) is 26.3. The van der Waals surface area contributed by atoms with E-state index in [9.17, 15) is 40.6 Å². The lowest BCUT2D eigenvalue weighted by atomic mass is 9.88. The fraction of sp³-hybridized carbons (Fsp3) is 0.484. The SMILES string of the molecule is CC(=N)/C(COC(c1ccc([C@]2(Sc3ccc(F)cc3)CCN(C(=O)N3CCN(C)CC3)C2)cc1)(C(F)(F)F)C(F)(F)F)=C(/C)O. The second kappa shape index (κ2) is 13.4. The van der Waals surface area contributed by atoms with Gasteiger partial charge in [0, 0.05) is 61.0 Å². The lowest BCUT2D eigenvalue weighted by molar-refractivity contribution is -0.387. The molecular formula is C31H35F7N4O3S. The van der Waals surface area contributed by atoms with Crippen molar-refractivity contribution in [3.63, 3.8) is 0 Å². The van der Waals surface area contributed by atoms with Gasteiger partial charge in [0.15, 0.2) is 0 Å². The summed E-state index contributed by atoms with van der Waals surface area (Å²) < 4.78 is 104. The van der Waals surface area contributed by atoms with Gasteiger partial charge in [-0.05, 0) is 57.1 Å². The monoisotopic (exact) mass is 676 g/mol. The molecule has 1 atom stereocenters. The lowest BCUT2D eigenvalue weighted by Crippen LogP contribution is -2.56. The van der Waals surface area contributed by atoms with Gasteiger partial charge in [-0.2, -0.15) is 26.3 Å². The van der Waals surface area contributed by atoms with Crippen LogP contribution in [0, 0.1) is 11.2 Å². The van der Waals surface area contributed by atoms with Crippen LogP contribution in [-0.4, -0.2) is 96.8 Å². The highest BCUT2D eigenvalue weighted by Crippen LogP contribution is 2.54. The number of hydrogen-bond donors (Lipinski definition) is 2. The standard InChI is InChI=1S/C31H35F7N4O3S/c1-20(39)26(21(2)43)18-45-29(30(33,34)35,31(36,37)38)23-6-4-22(5-7-23)28(46-25-10-8-24(32)9-11-25)12-13-42(19-28)27(44)41-16-14-40(3)15-17-41/h4-11,39,43H,12-19H2,1-3H3/b26-21-,39-20?/t28-/m0/s1. The number of halogens is 7. The van der Waals surface area contributed by atoms with Crippen molar-refractivity contribution < 1.29 is 45.4 Å². The van der Waals surface area contributed by atoms with Crippen LogP contribution >= 0.6 is 11.8 Å². The van der Waals surface area contributed by atoms with Crippen molar-refractivity contribution in [1.82, 2.24) is 14.7 Å². The number of thioether (sulfide) groups is 1. The molecule has 0 spiro atoms. The third-order valence-electron chi connectivity index (χ3n) is 8.34. The molecule has 0 unspecified atom stereocenters. The minimum absolute atomic E-state index is 0.113. The van der Waals surface area contributed by atoms with Crippen molar-refractivity contribution in [2.75, 3.05) is 52.9 Å². The Hall–Kier alpha value is -3.30. The molecule has 0 saturated carbocycles. The summed E-state index contributed by atoms with van der Waals surface area (Å²) in [5, 5.41) is 17.4. The molecule has 15 heteroatoms. The molecule has 0 aromatic heterocycles. The number of aliphatic hydroxyl groups excluding tert-OH is 1. The van der Waals surface area contributed by atoms with Crippen molar-refractivity contribution in [3.05, 3.63) is 76.8 Å². The molecule has 2 saturated heterocycles. The number of hydrogen-bond acceptors (Lipinski definition) is 6. The molecule has 2 heterocycles. The van der Waals surface area contributed by atoms with Gasteiger partial charge in [-0.25, -0.2) is 9.18 Å². The molecule has 0 bridgehead atoms. The number of rotatable bonds is 8. The lowest BCUT2D eigenvalue weighted by Gasteiger charge is -2.38. The van der Waals surface area contributed by atoms with Gasteiger partial charge in [0.1, 0.15) is 5.82 Å². The summed E-state index contributed by atoms with van der Waals surface area (Å²) in [5.41, 5.74) is -6.60. The number of likely N-dealkylation sites (tertiary alicyclic amines) is 1. The summed E-state index contributed by atoms with van der Waals surface area (Å²) in [6.07, 6.45) is -11.6. The van der Waals surface area contributed by atoms with Crippen LogP contribution in [0.5, 0.6) is 0 Å². The number of nitrogens with zero attached hydrogens (tertiary/aromatic N) is 3. The van der Waals surface area contributed by atoms with Crippen LogP contribution in [0.3, 0.4) is 0 Å². The van der Waals surface area contributed by atoms with E-state index in [1.807, 2.05) is 7.05 Å². The third kappa shape index (κ3) is 7.15. The van der Waals surface area contributed by atoms with Gasteiger partial charge in [0.2, 0.25) is 0 Å². The van der Waals surface area contributed by atoms with Gasteiger partial charge in [-0.3, -0.25) is 0 Å². The maximum atomic E-state index is 14.5. The molecule has 0 aliphatic carbocycles. The average molecular weight is 677 g/mol. The van der Waals surface area contributed by atoms with Crippen molar-refractivity contribution in [2.24, 2.45) is 0 Å². The first-order valence-electron chi connectivity index (χ1n) is 14.4. The van der Waals surface area contributed by atoms with E-state index in [0.717, 1.165) is 13.8 Å². The van der Waals surface area contributed by atoms with E-state index in [2.05, 4.69) is 9.64 Å². The number of carbonyl (C=O) groups is 1. The number of allylic oxidation sites excluding steroid dienone is 1. The van der Waals surface area contributed by atoms with Gasteiger partial charge in [-0.1, -0.05) is 24.3 Å². The Bertz CT molecular complexity index is 1420. The number of benzene rings is 2. The van der Waals surface area contributed by atoms with Crippen LogP contribution in [0.25, 0.3) is 0 Å². The molecule has 7 nitrogen and oxygen atoms in total. The van der Waals surface area contributed by atoms with Gasteiger partial charge < -0.3 is 30.0 Å². The molecule has 2 amide bonds. The minimum Gasteiger partial charge on any atom is -0.512 e. The Balaban J connectivity index is 1.73. The Labute approximate surface area is 266 Å². The van der Waals surface area contributed by atoms with E-state index in [-0.39, 0.29) is 19.1 Å². The number of ether oxygens (including phenoxy) is 1. The van der Waals surface area contributed by atoms with Crippen molar-refractivity contribution >= 4 is 23.5 Å². The Morgan fingerprint density at radius 3 is 1.98 bits per heavy atom. The molecule has 2 N–H and O–H groups in total. The second-order valence-corrected chi connectivity index (χ2v) is 13.0. The number of nitrogens with one attached hydrogen (secondary N) is 1. The van der Waals surface area contributed by atoms with E-state index in [0.29, 0.717) is 55.2 Å². The molecule has 2 fully saturated rings. The maximum Gasteiger partial charge on any atom is 0.430 e. The normalized spacial score (nSPS) is 20.6. The number of aliphatic hydroxyl groups is 1. The van der Waals surface area contributed by atoms with E-state index in [1.54, 1.807) is 9.80 Å². The predicted octanol–water partition coefficient (Wildman–Crippen LogP) is 7.09. The molecule has 2 aliphatic rings. The zero-order chi connectivity index (χ0) is 34.1. The Kier molecular flexibility index (Phi) is 10.4. The summed E-state index contributed by atoms with van der Waals surface area (Å²) >= 11 is 1.25. The smallest absolute Gasteiger partial charge is 0.430 e. The number of amides is 2. The summed E-state index contributed by atoms with van der Waals surface area (Å²) in [4.78, 5) is 19.5. The summed E-state index contributed by atoms with van der Waals surface area (Å²) in [7, 11) is 1.95. The largest absolute Gasteiger partial charge is 0.512 e. The topological polar surface area (TPSA) is 80.1 Å². The number of likely N-dealkylation sites (N-methyl/N-ethyl adjacent to an activating group) is 1. The molecule has 2 aliphatic heterocycles. The van der Waals surface area contributed by atoms with E-state index in [4.69, 9.17) is 5.41 Å². The number of carbonyl (C=O) groups excluding carboxylic acids is 1. The predicted molar refractivity (Wildman–Crippen MR) is 160 cm³/mol. The van der Waals surface area contributed by atoms with Crippen LogP contribution in [0.15, 0.2) is 64.8 Å². The second-order valence-electron chi connectivity index (χ2n) is 11.5. The summed E-state index contributed by atoms with van der Waals surface area (Å²) in [6, 6.07) is 9.07. The van der Waals surface area contributed by atoms with Gasteiger partial charge >= 0.3 is 18.4 Å². The highest BCUT2D eigenvalue weighted by Gasteiger charge is 2.73. The minimum atomic E-state index is -5.98. The zero-order valence-electron chi connectivity index (χ0n) is 25.4. The number of urea groups is 1. The van der Waals surface area contributed by atoms with E-state index in [1.165, 1.54) is 48.2 Å². The number of piperazine rings is 1. The molecular weight excluding hydrogens is 641 g/mol. The quantitative estimate of drug-likeness (QED) is 0.177. The molecule has 2 aromatic carbocycles. The van der Waals surface area contributed by atoms with Gasteiger partial charge in [0.05, 0.1) is 17.1 Å². The first-order chi connectivity index (χ1) is 21.4. The van der Waals surface area contributed by atoms with Gasteiger partial charge in [0.25, 0.3) is 5.60 Å². The van der Waals surface area contributed by atoms with Crippen molar-refractivity contribution in [3.8, 4) is 0 Å². The van der Waals surface area contributed by atoms with E-state index >= 15 is 0 Å². The van der Waals surface area contributed by atoms with Gasteiger partial charge in [-0.15, -0.1) is 11.8 Å². The van der Waals surface area contributed by atoms with Crippen LogP contribution < -0.4 is 0 Å². The molecule has 46 heavy (non-hydrogen) atoms. The van der Waals surface area contributed by atoms with Crippen LogP contribution in [-0.2, 0) is 15.1 Å². The fourth-order valence-electron chi connectivity index (χ4n) is 5.66. The first kappa shape index (κ1) is 35.6. The molecule has 2 aromatic rings. The molecule has 4 rings (SSSR count). The van der Waals surface area contributed by atoms with Crippen LogP contribution in [0.1, 0.15) is 31.4 Å². The van der Waals surface area contributed by atoms with E-state index < -0.39 is 57.7 Å². The van der Waals surface area contributed by atoms with Crippen molar-refractivity contribution in [2.45, 2.75) is 47.9 Å². The highest BCUT2D eigenvalue weighted by molar-refractivity contribution is 8.00. The maximum absolute atomic E-state index is 14.5. The average Bonchev–Trinajstić information content (AvgIpc) is 3.40. The van der Waals surface area contributed by atoms with Crippen molar-refractivity contribution in [1.29, 1.82) is 5.41 Å². The highest BCUT2D eigenvalue weighted by atomic mass is 32.2. The third-order valence-corrected chi connectivity index (χ3v) is 9.81. The first-order valence-corrected chi connectivity index (χ1v) is 15.2. The summed E-state index contributed by atoms with van der Waals surface area (Å²) in [5.74, 6) is -1.12. The van der Waals surface area contributed by atoms with Crippen LogP contribution in [0.4, 0.5) is 35.5 Å². The fourth-order valence-corrected chi connectivity index (χ4v) is 7.05.